The Balaban J connectivity index is 1.63. The van der Waals surface area contributed by atoms with E-state index in [2.05, 4.69) is 9.88 Å². The van der Waals surface area contributed by atoms with Crippen molar-refractivity contribution in [2.75, 3.05) is 5.32 Å². The molecule has 0 atom stereocenters. The molecule has 4 rings (SSSR count). The minimum atomic E-state index is -0.460. The van der Waals surface area contributed by atoms with Gasteiger partial charge in [0.2, 0.25) is 0 Å². The van der Waals surface area contributed by atoms with E-state index in [4.69, 9.17) is 17.3 Å². The number of carbonyl (C=O) groups is 1. The molecule has 156 valence electrons. The van der Waals surface area contributed by atoms with E-state index in [-0.39, 0.29) is 12.1 Å². The van der Waals surface area contributed by atoms with E-state index in [0.717, 1.165) is 47.0 Å². The first-order valence-electron chi connectivity index (χ1n) is 10.00. The van der Waals surface area contributed by atoms with E-state index >= 15 is 0 Å². The molecule has 1 aliphatic carbocycles. The molecule has 30 heavy (non-hydrogen) atoms. The summed E-state index contributed by atoms with van der Waals surface area (Å²) >= 11 is 7.92. The molecule has 1 heterocycles. The molecule has 1 saturated carbocycles. The van der Waals surface area contributed by atoms with Gasteiger partial charge in [-0.05, 0) is 68.1 Å². The number of hydrogen-bond donors (Lipinski definition) is 3. The molecule has 1 aliphatic rings. The number of aliphatic hydroxyl groups excluding tert-OH is 1. The van der Waals surface area contributed by atoms with E-state index in [1.807, 2.05) is 54.7 Å². The van der Waals surface area contributed by atoms with Crippen LogP contribution in [0.2, 0.25) is 5.02 Å². The smallest absolute Gasteiger partial charge is 0.250 e. The van der Waals surface area contributed by atoms with Crippen LogP contribution in [0, 0.1) is 0 Å². The third-order valence-electron chi connectivity index (χ3n) is 5.37. The topological polar surface area (TPSA) is 80.3 Å². The molecule has 5 nitrogen and oxygen atoms in total. The van der Waals surface area contributed by atoms with E-state index in [1.165, 1.54) is 0 Å². The minimum absolute atomic E-state index is 0.211. The van der Waals surface area contributed by atoms with Crippen molar-refractivity contribution in [1.29, 1.82) is 0 Å². The Labute approximate surface area is 185 Å². The second kappa shape index (κ2) is 9.16. The van der Waals surface area contributed by atoms with Gasteiger partial charge in [-0.15, -0.1) is 0 Å². The molecule has 4 N–H and O–H groups in total. The second-order valence-electron chi connectivity index (χ2n) is 7.49. The number of primary amides is 1. The summed E-state index contributed by atoms with van der Waals surface area (Å²) in [4.78, 5) is 13.0. The number of halogens is 1. The molecular formula is C23H24ClN3O2S. The summed E-state index contributed by atoms with van der Waals surface area (Å²) < 4.78 is 2.06. The Kier molecular flexibility index (Phi) is 6.37. The number of nitrogens with two attached hydrogens (primary N) is 1. The third kappa shape index (κ3) is 4.67. The van der Waals surface area contributed by atoms with Gasteiger partial charge in [-0.1, -0.05) is 35.5 Å². The maximum absolute atomic E-state index is 12.0. The van der Waals surface area contributed by atoms with Crippen LogP contribution in [-0.2, 0) is 0 Å². The quantitative estimate of drug-likeness (QED) is 0.497. The predicted molar refractivity (Wildman–Crippen MR) is 122 cm³/mol. The molecular weight excluding hydrogens is 418 g/mol. The van der Waals surface area contributed by atoms with Crippen molar-refractivity contribution in [3.63, 3.8) is 0 Å². The lowest BCUT2D eigenvalue weighted by molar-refractivity contribution is 0.100. The number of nitrogens with zero attached hydrogens (tertiary/aromatic N) is 1. The van der Waals surface area contributed by atoms with E-state index < -0.39 is 5.91 Å². The number of benzene rings is 2. The molecule has 0 aliphatic heterocycles. The molecule has 1 fully saturated rings. The highest BCUT2D eigenvalue weighted by atomic mass is 35.5. The summed E-state index contributed by atoms with van der Waals surface area (Å²) in [5, 5.41) is 15.0. The van der Waals surface area contributed by atoms with Crippen molar-refractivity contribution >= 4 is 35.0 Å². The maximum atomic E-state index is 12.0. The minimum Gasteiger partial charge on any atom is -0.393 e. The number of amides is 1. The van der Waals surface area contributed by atoms with Gasteiger partial charge in [-0.3, -0.25) is 4.79 Å². The highest BCUT2D eigenvalue weighted by Gasteiger charge is 2.21. The number of aliphatic hydroxyl groups is 1. The number of aromatic nitrogens is 1. The fourth-order valence-electron chi connectivity index (χ4n) is 3.76. The molecule has 1 amide bonds. The van der Waals surface area contributed by atoms with Crippen LogP contribution in [0.25, 0.3) is 5.69 Å². The summed E-state index contributed by atoms with van der Waals surface area (Å²) in [6.07, 6.45) is 5.01. The molecule has 0 spiro atoms. The predicted octanol–water partition coefficient (Wildman–Crippen LogP) is 5.10. The Morgan fingerprint density at radius 1 is 1.10 bits per heavy atom. The van der Waals surface area contributed by atoms with E-state index in [9.17, 15) is 9.90 Å². The zero-order valence-corrected chi connectivity index (χ0v) is 18.0. The Morgan fingerprint density at radius 2 is 1.87 bits per heavy atom. The van der Waals surface area contributed by atoms with Crippen LogP contribution in [-0.4, -0.2) is 27.7 Å². The average Bonchev–Trinajstić information content (AvgIpc) is 3.19. The van der Waals surface area contributed by atoms with Crippen LogP contribution in [0.4, 0.5) is 5.69 Å². The Morgan fingerprint density at radius 3 is 2.60 bits per heavy atom. The van der Waals surface area contributed by atoms with Gasteiger partial charge in [0.25, 0.3) is 5.91 Å². The van der Waals surface area contributed by atoms with Crippen molar-refractivity contribution in [2.24, 2.45) is 5.73 Å². The summed E-state index contributed by atoms with van der Waals surface area (Å²) in [5.41, 5.74) is 7.74. The van der Waals surface area contributed by atoms with Gasteiger partial charge < -0.3 is 20.7 Å². The van der Waals surface area contributed by atoms with Gasteiger partial charge in [0, 0.05) is 28.5 Å². The molecule has 2 aromatic carbocycles. The van der Waals surface area contributed by atoms with Crippen molar-refractivity contribution in [3.8, 4) is 5.69 Å². The highest BCUT2D eigenvalue weighted by Crippen LogP contribution is 2.35. The van der Waals surface area contributed by atoms with Crippen LogP contribution >= 0.6 is 23.4 Å². The maximum Gasteiger partial charge on any atom is 0.250 e. The summed E-state index contributed by atoms with van der Waals surface area (Å²) in [6.45, 7) is 0. The van der Waals surface area contributed by atoms with Crippen molar-refractivity contribution in [2.45, 2.75) is 47.8 Å². The highest BCUT2D eigenvalue weighted by molar-refractivity contribution is 7.99. The molecule has 0 radical (unpaired) electrons. The monoisotopic (exact) mass is 441 g/mol. The Bertz CT molecular complexity index is 1040. The fraction of sp³-hybridized carbons (Fsp3) is 0.261. The number of rotatable bonds is 6. The lowest BCUT2D eigenvalue weighted by Gasteiger charge is -2.28. The van der Waals surface area contributed by atoms with Crippen LogP contribution in [0.15, 0.2) is 70.7 Å². The summed E-state index contributed by atoms with van der Waals surface area (Å²) in [7, 11) is 0. The van der Waals surface area contributed by atoms with E-state index in [1.54, 1.807) is 17.8 Å². The molecule has 0 unspecified atom stereocenters. The summed E-state index contributed by atoms with van der Waals surface area (Å²) in [6, 6.07) is 17.6. The van der Waals surface area contributed by atoms with Gasteiger partial charge in [-0.2, -0.15) is 0 Å². The van der Waals surface area contributed by atoms with Gasteiger partial charge in [0.05, 0.1) is 21.7 Å². The van der Waals surface area contributed by atoms with Gasteiger partial charge in [-0.25, -0.2) is 0 Å². The zero-order valence-electron chi connectivity index (χ0n) is 16.4. The van der Waals surface area contributed by atoms with Crippen molar-refractivity contribution in [1.82, 2.24) is 4.57 Å². The lowest BCUT2D eigenvalue weighted by atomic mass is 9.92. The number of hydrogen-bond acceptors (Lipinski definition) is 4. The molecule has 0 bridgehead atoms. The number of carbonyl (C=O) groups excluding carboxylic acids is 1. The van der Waals surface area contributed by atoms with Gasteiger partial charge in [0.15, 0.2) is 0 Å². The first kappa shape index (κ1) is 20.8. The van der Waals surface area contributed by atoms with Crippen LogP contribution < -0.4 is 11.1 Å². The van der Waals surface area contributed by atoms with Gasteiger partial charge in [0.1, 0.15) is 0 Å². The van der Waals surface area contributed by atoms with Crippen LogP contribution in [0.5, 0.6) is 0 Å². The SMILES string of the molecule is NC(=O)c1ccc(-n2cccc2Sc2ccccc2Cl)cc1N[C@H]1CC[C@H](O)CC1. The number of anilines is 1. The fourth-order valence-corrected chi connectivity index (χ4v) is 4.96. The van der Waals surface area contributed by atoms with Gasteiger partial charge >= 0.3 is 0 Å². The second-order valence-corrected chi connectivity index (χ2v) is 8.96. The van der Waals surface area contributed by atoms with E-state index in [0.29, 0.717) is 10.6 Å². The average molecular weight is 442 g/mol. The lowest BCUT2D eigenvalue weighted by Crippen LogP contribution is -2.29. The standard InChI is InChI=1S/C23H24ClN3O2S/c24-19-4-1-2-5-21(19)30-22-6-3-13-27(22)16-9-12-18(23(25)29)20(14-16)26-15-7-10-17(28)11-8-15/h1-6,9,12-15,17,26,28H,7-8,10-11H2,(H2,25,29)/t15-,17-. The van der Waals surface area contributed by atoms with Crippen LogP contribution in [0.3, 0.4) is 0 Å². The van der Waals surface area contributed by atoms with Crippen molar-refractivity contribution in [3.05, 3.63) is 71.4 Å². The molecule has 3 aromatic rings. The van der Waals surface area contributed by atoms with Crippen LogP contribution in [0.1, 0.15) is 36.0 Å². The number of nitrogens with one attached hydrogen (secondary N) is 1. The molecule has 0 saturated heterocycles. The van der Waals surface area contributed by atoms with Crippen molar-refractivity contribution < 1.29 is 9.90 Å². The first-order chi connectivity index (χ1) is 14.5. The Hall–Kier alpha value is -2.41. The first-order valence-corrected chi connectivity index (χ1v) is 11.2. The molecule has 1 aromatic heterocycles. The molecule has 7 heteroatoms. The summed E-state index contributed by atoms with van der Waals surface area (Å²) in [5.74, 6) is -0.460. The normalized spacial score (nSPS) is 18.9. The zero-order chi connectivity index (χ0) is 21.1. The largest absolute Gasteiger partial charge is 0.393 e. The third-order valence-corrected chi connectivity index (χ3v) is 6.93.